The second-order valence-electron chi connectivity index (χ2n) is 5.12. The number of ether oxygens (including phenoxy) is 2. The van der Waals surface area contributed by atoms with Crippen molar-refractivity contribution in [3.63, 3.8) is 0 Å². The van der Waals surface area contributed by atoms with Gasteiger partial charge in [0.2, 0.25) is 5.90 Å². The highest BCUT2D eigenvalue weighted by molar-refractivity contribution is 9.10. The van der Waals surface area contributed by atoms with Gasteiger partial charge < -0.3 is 9.47 Å². The van der Waals surface area contributed by atoms with Gasteiger partial charge in [-0.15, -0.1) is 0 Å². The normalized spacial score (nSPS) is 16.0. The molecule has 0 aromatic heterocycles. The monoisotopic (exact) mass is 417 g/mol. The van der Waals surface area contributed by atoms with Gasteiger partial charge in [0.1, 0.15) is 5.75 Å². The van der Waals surface area contributed by atoms with Crippen LogP contribution >= 0.6 is 27.5 Å². The van der Waals surface area contributed by atoms with Gasteiger partial charge in [-0.25, -0.2) is 9.79 Å². The molecule has 0 aliphatic carbocycles. The second-order valence-corrected chi connectivity index (χ2v) is 6.41. The molecule has 0 radical (unpaired) electrons. The molecule has 2 aromatic rings. The summed E-state index contributed by atoms with van der Waals surface area (Å²) in [7, 11) is 1.58. The van der Waals surface area contributed by atoms with E-state index >= 15 is 0 Å². The number of aliphatic imine (C=N–C) groups is 1. The number of esters is 1. The quantitative estimate of drug-likeness (QED) is 0.523. The van der Waals surface area contributed by atoms with Crippen molar-refractivity contribution in [2.45, 2.75) is 0 Å². The van der Waals surface area contributed by atoms with E-state index in [0.717, 1.165) is 5.56 Å². The average molecular weight is 419 g/mol. The SMILES string of the molecule is COc1ccc(C2=N/C(=C\C(Cl)=C\c3ccccc3)C(=O)O2)c(Br)c1. The van der Waals surface area contributed by atoms with Gasteiger partial charge >= 0.3 is 5.97 Å². The Hall–Kier alpha value is -2.37. The Labute approximate surface area is 158 Å². The molecule has 25 heavy (non-hydrogen) atoms. The Kier molecular flexibility index (Phi) is 5.36. The zero-order valence-corrected chi connectivity index (χ0v) is 15.5. The molecule has 0 amide bonds. The van der Waals surface area contributed by atoms with Crippen LogP contribution in [0.4, 0.5) is 0 Å². The molecule has 0 bridgehead atoms. The molecule has 1 aliphatic heterocycles. The predicted molar refractivity (Wildman–Crippen MR) is 102 cm³/mol. The maximum atomic E-state index is 12.0. The molecular weight excluding hydrogens is 406 g/mol. The molecule has 3 rings (SSSR count). The van der Waals surface area contributed by atoms with Crippen LogP contribution in [0.2, 0.25) is 0 Å². The van der Waals surface area contributed by atoms with Crippen molar-refractivity contribution >= 4 is 45.5 Å². The van der Waals surface area contributed by atoms with Gasteiger partial charge in [-0.1, -0.05) is 41.9 Å². The van der Waals surface area contributed by atoms with Crippen molar-refractivity contribution in [1.29, 1.82) is 0 Å². The summed E-state index contributed by atoms with van der Waals surface area (Å²) < 4.78 is 11.1. The van der Waals surface area contributed by atoms with Gasteiger partial charge in [0, 0.05) is 9.51 Å². The van der Waals surface area contributed by atoms with E-state index in [1.165, 1.54) is 6.08 Å². The molecule has 4 nitrogen and oxygen atoms in total. The molecule has 126 valence electrons. The van der Waals surface area contributed by atoms with Gasteiger partial charge in [-0.2, -0.15) is 0 Å². The van der Waals surface area contributed by atoms with Crippen molar-refractivity contribution in [2.75, 3.05) is 7.11 Å². The van der Waals surface area contributed by atoms with Crippen LogP contribution in [0.25, 0.3) is 6.08 Å². The first-order valence-corrected chi connectivity index (χ1v) is 8.52. The molecule has 0 saturated heterocycles. The number of rotatable bonds is 4. The molecule has 0 fully saturated rings. The third-order valence-corrected chi connectivity index (χ3v) is 4.28. The minimum atomic E-state index is -0.544. The molecular formula is C19H13BrClNO3. The second kappa shape index (κ2) is 7.68. The minimum absolute atomic E-state index is 0.148. The largest absolute Gasteiger partial charge is 0.497 e. The number of carbonyl (C=O) groups is 1. The van der Waals surface area contributed by atoms with E-state index in [1.54, 1.807) is 31.4 Å². The van der Waals surface area contributed by atoms with E-state index in [9.17, 15) is 4.79 Å². The molecule has 2 aromatic carbocycles. The minimum Gasteiger partial charge on any atom is -0.497 e. The van der Waals surface area contributed by atoms with Crippen LogP contribution in [0.3, 0.4) is 0 Å². The van der Waals surface area contributed by atoms with Crippen LogP contribution in [-0.2, 0) is 9.53 Å². The Morgan fingerprint density at radius 2 is 2.00 bits per heavy atom. The number of methoxy groups -OCH3 is 1. The first-order chi connectivity index (χ1) is 12.1. The fraction of sp³-hybridized carbons (Fsp3) is 0.0526. The first-order valence-electron chi connectivity index (χ1n) is 7.35. The lowest BCUT2D eigenvalue weighted by Crippen LogP contribution is -2.06. The van der Waals surface area contributed by atoms with Crippen molar-refractivity contribution < 1.29 is 14.3 Å². The van der Waals surface area contributed by atoms with E-state index in [1.807, 2.05) is 30.3 Å². The Bertz CT molecular complexity index is 904. The Balaban J connectivity index is 1.88. The van der Waals surface area contributed by atoms with Crippen molar-refractivity contribution in [3.05, 3.63) is 80.9 Å². The van der Waals surface area contributed by atoms with Crippen LogP contribution in [0, 0.1) is 0 Å². The Morgan fingerprint density at radius 3 is 2.68 bits per heavy atom. The van der Waals surface area contributed by atoms with Crippen LogP contribution in [0.1, 0.15) is 11.1 Å². The van der Waals surface area contributed by atoms with Crippen molar-refractivity contribution in [1.82, 2.24) is 0 Å². The highest BCUT2D eigenvalue weighted by atomic mass is 79.9. The summed E-state index contributed by atoms with van der Waals surface area (Å²) in [6, 6.07) is 14.9. The highest BCUT2D eigenvalue weighted by Gasteiger charge is 2.25. The van der Waals surface area contributed by atoms with E-state index in [2.05, 4.69) is 20.9 Å². The zero-order chi connectivity index (χ0) is 17.8. The standard InChI is InChI=1S/C19H13BrClNO3/c1-24-14-7-8-15(16(20)11-14)18-22-17(19(23)25-18)10-13(21)9-12-5-3-2-4-6-12/h2-11H,1H3/b13-9-,17-10-. The summed E-state index contributed by atoms with van der Waals surface area (Å²) >= 11 is 9.63. The lowest BCUT2D eigenvalue weighted by atomic mass is 10.2. The lowest BCUT2D eigenvalue weighted by molar-refractivity contribution is -0.130. The van der Waals surface area contributed by atoms with E-state index in [4.69, 9.17) is 21.1 Å². The Morgan fingerprint density at radius 1 is 1.24 bits per heavy atom. The summed E-state index contributed by atoms with van der Waals surface area (Å²) in [5, 5.41) is 0.386. The van der Waals surface area contributed by atoms with E-state index in [0.29, 0.717) is 20.8 Å². The third kappa shape index (κ3) is 4.18. The van der Waals surface area contributed by atoms with Crippen LogP contribution in [-0.4, -0.2) is 19.0 Å². The third-order valence-electron chi connectivity index (χ3n) is 3.41. The summed E-state index contributed by atoms with van der Waals surface area (Å²) in [6.07, 6.45) is 3.24. The van der Waals surface area contributed by atoms with Crippen LogP contribution in [0.5, 0.6) is 5.75 Å². The molecule has 0 atom stereocenters. The summed E-state index contributed by atoms with van der Waals surface area (Å²) in [4.78, 5) is 16.3. The van der Waals surface area contributed by atoms with E-state index < -0.39 is 5.97 Å². The van der Waals surface area contributed by atoms with Crippen LogP contribution < -0.4 is 4.74 Å². The molecule has 1 aliphatic rings. The number of cyclic esters (lactones) is 1. The van der Waals surface area contributed by atoms with Crippen molar-refractivity contribution in [2.24, 2.45) is 4.99 Å². The fourth-order valence-electron chi connectivity index (χ4n) is 2.20. The smallest absolute Gasteiger partial charge is 0.363 e. The molecule has 0 N–H and O–H groups in total. The van der Waals surface area contributed by atoms with Gasteiger partial charge in [-0.3, -0.25) is 0 Å². The molecule has 1 heterocycles. The van der Waals surface area contributed by atoms with E-state index in [-0.39, 0.29) is 11.6 Å². The van der Waals surface area contributed by atoms with Crippen molar-refractivity contribution in [3.8, 4) is 5.75 Å². The number of benzene rings is 2. The lowest BCUT2D eigenvalue weighted by Gasteiger charge is -2.05. The number of allylic oxidation sites excluding steroid dienone is 2. The number of halogens is 2. The molecule has 0 saturated carbocycles. The fourth-order valence-corrected chi connectivity index (χ4v) is 2.96. The van der Waals surface area contributed by atoms with Gasteiger partial charge in [-0.05, 0) is 51.8 Å². The molecule has 0 unspecified atom stereocenters. The number of nitrogens with zero attached hydrogens (tertiary/aromatic N) is 1. The number of hydrogen-bond donors (Lipinski definition) is 0. The molecule has 0 spiro atoms. The van der Waals surface area contributed by atoms with Gasteiger partial charge in [0.15, 0.2) is 5.70 Å². The number of hydrogen-bond acceptors (Lipinski definition) is 4. The maximum absolute atomic E-state index is 12.0. The van der Waals surface area contributed by atoms with Gasteiger partial charge in [0.05, 0.1) is 12.7 Å². The number of carbonyl (C=O) groups excluding carboxylic acids is 1. The predicted octanol–water partition coefficient (Wildman–Crippen LogP) is 4.92. The molecule has 6 heteroatoms. The zero-order valence-electron chi connectivity index (χ0n) is 13.2. The summed E-state index contributed by atoms with van der Waals surface area (Å²) in [5.74, 6) is 0.359. The van der Waals surface area contributed by atoms with Gasteiger partial charge in [0.25, 0.3) is 0 Å². The average Bonchev–Trinajstić information content (AvgIpc) is 2.95. The van der Waals surface area contributed by atoms with Crippen LogP contribution in [0.15, 0.2) is 74.8 Å². The first kappa shape index (κ1) is 17.5. The topological polar surface area (TPSA) is 47.9 Å². The highest BCUT2D eigenvalue weighted by Crippen LogP contribution is 2.27. The summed E-state index contributed by atoms with van der Waals surface area (Å²) in [6.45, 7) is 0. The maximum Gasteiger partial charge on any atom is 0.363 e. The summed E-state index contributed by atoms with van der Waals surface area (Å²) in [5.41, 5.74) is 1.73.